The van der Waals surface area contributed by atoms with Crippen molar-refractivity contribution in [2.45, 2.75) is 32.7 Å². The van der Waals surface area contributed by atoms with Crippen LogP contribution in [0.4, 0.5) is 5.69 Å². The Kier molecular flexibility index (Phi) is 2.95. The average molecular weight is 202 g/mol. The van der Waals surface area contributed by atoms with Crippen LogP contribution >= 0.6 is 0 Å². The second-order valence-corrected chi connectivity index (χ2v) is 3.94. The summed E-state index contributed by atoms with van der Waals surface area (Å²) in [4.78, 5) is 3.20. The van der Waals surface area contributed by atoms with Gasteiger partial charge in [0.05, 0.1) is 0 Å². The SMILES string of the molecule is CCC(CC)Nc1ccc2[nH]ccc2c1. The maximum Gasteiger partial charge on any atom is 0.0455 e. The number of fused-ring (bicyclic) bond motifs is 1. The van der Waals surface area contributed by atoms with E-state index in [9.17, 15) is 0 Å². The van der Waals surface area contributed by atoms with Crippen molar-refractivity contribution >= 4 is 16.6 Å². The van der Waals surface area contributed by atoms with Crippen molar-refractivity contribution < 1.29 is 0 Å². The number of hydrogen-bond acceptors (Lipinski definition) is 1. The van der Waals surface area contributed by atoms with Crippen LogP contribution < -0.4 is 5.32 Å². The summed E-state index contributed by atoms with van der Waals surface area (Å²) < 4.78 is 0. The van der Waals surface area contributed by atoms with Gasteiger partial charge in [0.2, 0.25) is 0 Å². The number of benzene rings is 1. The van der Waals surface area contributed by atoms with Crippen molar-refractivity contribution in [1.29, 1.82) is 0 Å². The molecule has 0 spiro atoms. The van der Waals surface area contributed by atoms with Crippen molar-refractivity contribution in [3.8, 4) is 0 Å². The molecule has 2 heteroatoms. The minimum absolute atomic E-state index is 0.585. The zero-order valence-corrected chi connectivity index (χ0v) is 9.38. The fourth-order valence-electron chi connectivity index (χ4n) is 1.87. The maximum absolute atomic E-state index is 3.55. The van der Waals surface area contributed by atoms with Crippen molar-refractivity contribution in [2.75, 3.05) is 5.32 Å². The van der Waals surface area contributed by atoms with Crippen LogP contribution in [-0.4, -0.2) is 11.0 Å². The van der Waals surface area contributed by atoms with E-state index in [-0.39, 0.29) is 0 Å². The molecule has 1 aromatic carbocycles. The molecule has 0 fully saturated rings. The normalized spacial score (nSPS) is 11.1. The highest BCUT2D eigenvalue weighted by molar-refractivity contribution is 5.82. The lowest BCUT2D eigenvalue weighted by Crippen LogP contribution is -2.16. The fraction of sp³-hybridized carbons (Fsp3) is 0.385. The van der Waals surface area contributed by atoms with Crippen LogP contribution in [0.15, 0.2) is 30.5 Å². The molecule has 0 saturated heterocycles. The number of aromatic nitrogens is 1. The first kappa shape index (κ1) is 10.1. The Labute approximate surface area is 90.7 Å². The van der Waals surface area contributed by atoms with Crippen molar-refractivity contribution in [3.63, 3.8) is 0 Å². The van der Waals surface area contributed by atoms with Gasteiger partial charge in [-0.3, -0.25) is 0 Å². The summed E-state index contributed by atoms with van der Waals surface area (Å²) in [5.74, 6) is 0. The number of H-pyrrole nitrogens is 1. The van der Waals surface area contributed by atoms with Gasteiger partial charge in [-0.15, -0.1) is 0 Å². The highest BCUT2D eigenvalue weighted by Crippen LogP contribution is 2.19. The van der Waals surface area contributed by atoms with Gasteiger partial charge in [-0.05, 0) is 37.1 Å². The van der Waals surface area contributed by atoms with Crippen molar-refractivity contribution in [3.05, 3.63) is 30.5 Å². The lowest BCUT2D eigenvalue weighted by molar-refractivity contribution is 0.672. The molecule has 0 saturated carbocycles. The summed E-state index contributed by atoms with van der Waals surface area (Å²) in [7, 11) is 0. The van der Waals surface area contributed by atoms with Gasteiger partial charge in [-0.2, -0.15) is 0 Å². The third-order valence-electron chi connectivity index (χ3n) is 2.91. The Morgan fingerprint density at radius 1 is 1.20 bits per heavy atom. The van der Waals surface area contributed by atoms with Gasteiger partial charge in [-0.1, -0.05) is 13.8 Å². The summed E-state index contributed by atoms with van der Waals surface area (Å²) >= 11 is 0. The molecule has 15 heavy (non-hydrogen) atoms. The topological polar surface area (TPSA) is 27.8 Å². The van der Waals surface area contributed by atoms with E-state index in [0.717, 1.165) is 0 Å². The zero-order valence-electron chi connectivity index (χ0n) is 9.38. The Hall–Kier alpha value is -1.44. The van der Waals surface area contributed by atoms with E-state index in [1.165, 1.54) is 29.4 Å². The zero-order chi connectivity index (χ0) is 10.7. The Morgan fingerprint density at radius 3 is 2.73 bits per heavy atom. The second-order valence-electron chi connectivity index (χ2n) is 3.94. The van der Waals surface area contributed by atoms with Crippen LogP contribution in [0.25, 0.3) is 10.9 Å². The molecule has 1 aromatic heterocycles. The number of aromatic amines is 1. The van der Waals surface area contributed by atoms with E-state index in [1.54, 1.807) is 0 Å². The van der Waals surface area contributed by atoms with Crippen molar-refractivity contribution in [2.24, 2.45) is 0 Å². The maximum atomic E-state index is 3.55. The molecule has 2 rings (SSSR count). The number of nitrogens with one attached hydrogen (secondary N) is 2. The molecule has 2 N–H and O–H groups in total. The number of hydrogen-bond donors (Lipinski definition) is 2. The average Bonchev–Trinajstić information content (AvgIpc) is 2.73. The molecule has 0 atom stereocenters. The lowest BCUT2D eigenvalue weighted by atomic mass is 10.1. The van der Waals surface area contributed by atoms with Gasteiger partial charge >= 0.3 is 0 Å². The molecule has 0 aliphatic rings. The smallest absolute Gasteiger partial charge is 0.0455 e. The van der Waals surface area contributed by atoms with Gasteiger partial charge in [0.1, 0.15) is 0 Å². The molecule has 2 nitrogen and oxygen atoms in total. The van der Waals surface area contributed by atoms with E-state index in [1.807, 2.05) is 6.20 Å². The van der Waals surface area contributed by atoms with Crippen LogP contribution in [0, 0.1) is 0 Å². The Balaban J connectivity index is 2.20. The first-order chi connectivity index (χ1) is 7.33. The fourth-order valence-corrected chi connectivity index (χ4v) is 1.87. The van der Waals surface area contributed by atoms with E-state index >= 15 is 0 Å². The van der Waals surface area contributed by atoms with Crippen LogP contribution in [0.5, 0.6) is 0 Å². The van der Waals surface area contributed by atoms with Gasteiger partial charge in [-0.25, -0.2) is 0 Å². The van der Waals surface area contributed by atoms with Gasteiger partial charge in [0.25, 0.3) is 0 Å². The number of anilines is 1. The summed E-state index contributed by atoms with van der Waals surface area (Å²) in [6, 6.07) is 9.15. The first-order valence-electron chi connectivity index (χ1n) is 5.67. The number of rotatable bonds is 4. The van der Waals surface area contributed by atoms with Crippen molar-refractivity contribution in [1.82, 2.24) is 4.98 Å². The van der Waals surface area contributed by atoms with Gasteiger partial charge in [0.15, 0.2) is 0 Å². The molecule has 2 aromatic rings. The van der Waals surface area contributed by atoms with Crippen LogP contribution in [-0.2, 0) is 0 Å². The van der Waals surface area contributed by atoms with E-state index in [4.69, 9.17) is 0 Å². The van der Waals surface area contributed by atoms with Crippen LogP contribution in [0.3, 0.4) is 0 Å². The monoisotopic (exact) mass is 202 g/mol. The first-order valence-corrected chi connectivity index (χ1v) is 5.67. The quantitative estimate of drug-likeness (QED) is 0.776. The molecule has 1 heterocycles. The Bertz CT molecular complexity index is 427. The van der Waals surface area contributed by atoms with E-state index in [2.05, 4.69) is 48.4 Å². The van der Waals surface area contributed by atoms with E-state index in [0.29, 0.717) is 6.04 Å². The minimum Gasteiger partial charge on any atom is -0.382 e. The lowest BCUT2D eigenvalue weighted by Gasteiger charge is -2.16. The largest absolute Gasteiger partial charge is 0.382 e. The molecule has 0 aliphatic carbocycles. The molecule has 80 valence electrons. The molecule has 0 unspecified atom stereocenters. The molecule has 0 amide bonds. The highest BCUT2D eigenvalue weighted by Gasteiger charge is 2.03. The van der Waals surface area contributed by atoms with E-state index < -0.39 is 0 Å². The molecular formula is C13H18N2. The highest BCUT2D eigenvalue weighted by atomic mass is 14.9. The third kappa shape index (κ3) is 2.14. The predicted molar refractivity (Wildman–Crippen MR) is 66.3 cm³/mol. The minimum atomic E-state index is 0.585. The summed E-state index contributed by atoms with van der Waals surface area (Å²) in [5, 5.41) is 4.82. The predicted octanol–water partition coefficient (Wildman–Crippen LogP) is 3.77. The summed E-state index contributed by atoms with van der Waals surface area (Å²) in [5.41, 5.74) is 2.42. The van der Waals surface area contributed by atoms with Crippen LogP contribution in [0.2, 0.25) is 0 Å². The molecule has 0 bridgehead atoms. The second kappa shape index (κ2) is 4.39. The van der Waals surface area contributed by atoms with Gasteiger partial charge in [0, 0.05) is 28.8 Å². The summed E-state index contributed by atoms with van der Waals surface area (Å²) in [6.07, 6.45) is 4.31. The molecular weight excluding hydrogens is 184 g/mol. The standard InChI is InChI=1S/C13H18N2/c1-3-11(4-2)15-12-5-6-13-10(9-12)7-8-14-13/h5-9,11,14-15H,3-4H2,1-2H3. The van der Waals surface area contributed by atoms with Crippen LogP contribution in [0.1, 0.15) is 26.7 Å². The Morgan fingerprint density at radius 2 is 2.00 bits per heavy atom. The third-order valence-corrected chi connectivity index (χ3v) is 2.91. The molecule has 0 radical (unpaired) electrons. The van der Waals surface area contributed by atoms with Gasteiger partial charge < -0.3 is 10.3 Å². The molecule has 0 aliphatic heterocycles. The summed E-state index contributed by atoms with van der Waals surface area (Å²) in [6.45, 7) is 4.44.